The van der Waals surface area contributed by atoms with Gasteiger partial charge in [0.25, 0.3) is 18.1 Å². The fourth-order valence-electron chi connectivity index (χ4n) is 2.72. The Morgan fingerprint density at radius 3 is 2.91 bits per heavy atom. The number of amides is 1. The third kappa shape index (κ3) is 2.08. The van der Waals surface area contributed by atoms with Crippen LogP contribution in [0.15, 0.2) is 33.3 Å². The van der Waals surface area contributed by atoms with Gasteiger partial charge in [-0.15, -0.1) is 10.2 Å². The fourth-order valence-corrected chi connectivity index (χ4v) is 2.97. The largest absolute Gasteiger partial charge is 0.419 e. The van der Waals surface area contributed by atoms with Crippen molar-refractivity contribution >= 4 is 35.2 Å². The third-order valence-corrected chi connectivity index (χ3v) is 4.11. The number of aromatic nitrogens is 2. The minimum atomic E-state index is -0.137. The molecule has 2 aromatic rings. The quantitative estimate of drug-likeness (QED) is 0.752. The maximum atomic E-state index is 12.6. The van der Waals surface area contributed by atoms with Gasteiger partial charge in [-0.1, -0.05) is 17.7 Å². The van der Waals surface area contributed by atoms with Gasteiger partial charge in [0, 0.05) is 20.0 Å². The van der Waals surface area contributed by atoms with Crippen LogP contribution in [0.25, 0.3) is 5.70 Å². The number of aliphatic imine (C=N–C) groups is 1. The second-order valence-electron chi connectivity index (χ2n) is 5.33. The van der Waals surface area contributed by atoms with Crippen molar-refractivity contribution in [1.29, 1.82) is 0 Å². The first-order chi connectivity index (χ1) is 11.1. The SMILES string of the molecule is Cc1nnc(C2=C3CN(C)C(=O)c4c(Cl)cccc4[N+]3C=N2)o1. The van der Waals surface area contributed by atoms with E-state index < -0.39 is 0 Å². The lowest BCUT2D eigenvalue weighted by molar-refractivity contribution is 0.0811. The minimum absolute atomic E-state index is 0.137. The number of aryl methyl sites for hydroxylation is 1. The molecule has 0 N–H and O–H groups in total. The Bertz CT molecular complexity index is 886. The van der Waals surface area contributed by atoms with Crippen LogP contribution in [0.3, 0.4) is 0 Å². The van der Waals surface area contributed by atoms with Crippen LogP contribution < -0.4 is 4.90 Å². The van der Waals surface area contributed by atoms with E-state index in [0.29, 0.717) is 40.3 Å². The Labute approximate surface area is 136 Å². The summed E-state index contributed by atoms with van der Waals surface area (Å²) in [5.41, 5.74) is 2.52. The molecule has 115 valence electrons. The van der Waals surface area contributed by atoms with E-state index >= 15 is 0 Å². The molecule has 0 fully saturated rings. The maximum absolute atomic E-state index is 12.6. The highest BCUT2D eigenvalue weighted by Gasteiger charge is 2.43. The number of rotatable bonds is 1. The summed E-state index contributed by atoms with van der Waals surface area (Å²) in [5.74, 6) is 0.660. The summed E-state index contributed by atoms with van der Waals surface area (Å²) in [7, 11) is 1.72. The van der Waals surface area contributed by atoms with Gasteiger partial charge >= 0.3 is 0 Å². The number of fused-ring (bicyclic) bond motifs is 3. The fraction of sp³-hybridized carbons (Fsp3) is 0.200. The number of carbonyl (C=O) groups excluding carboxylic acids is 1. The average Bonchev–Trinajstić information content (AvgIpc) is 3.10. The normalized spacial score (nSPS) is 17.5. The van der Waals surface area contributed by atoms with E-state index in [-0.39, 0.29) is 5.91 Å². The maximum Gasteiger partial charge on any atom is 0.272 e. The zero-order valence-electron chi connectivity index (χ0n) is 12.4. The van der Waals surface area contributed by atoms with Gasteiger partial charge in [-0.3, -0.25) is 4.79 Å². The van der Waals surface area contributed by atoms with Crippen LogP contribution in [0, 0.1) is 6.92 Å². The number of hydrogen-bond donors (Lipinski definition) is 0. The molecule has 1 radical (unpaired) electrons. The van der Waals surface area contributed by atoms with E-state index in [1.807, 2.05) is 11.0 Å². The second-order valence-corrected chi connectivity index (χ2v) is 5.74. The average molecular weight is 330 g/mol. The van der Waals surface area contributed by atoms with Crippen LogP contribution in [-0.4, -0.2) is 40.9 Å². The number of hydrogen-bond acceptors (Lipinski definition) is 6. The highest BCUT2D eigenvalue weighted by molar-refractivity contribution is 6.34. The smallest absolute Gasteiger partial charge is 0.272 e. The number of nitrogens with zero attached hydrogens (tertiary/aromatic N) is 5. The monoisotopic (exact) mass is 329 g/mol. The van der Waals surface area contributed by atoms with Gasteiger partial charge in [0.2, 0.25) is 17.3 Å². The molecule has 1 aromatic heterocycles. The van der Waals surface area contributed by atoms with Crippen LogP contribution >= 0.6 is 11.6 Å². The number of anilines is 1. The number of halogens is 1. The predicted molar refractivity (Wildman–Crippen MR) is 84.7 cm³/mol. The molecule has 3 heterocycles. The zero-order chi connectivity index (χ0) is 16.1. The molecule has 1 aromatic carbocycles. The molecule has 7 nitrogen and oxygen atoms in total. The first-order valence-electron chi connectivity index (χ1n) is 6.97. The molecule has 23 heavy (non-hydrogen) atoms. The summed E-state index contributed by atoms with van der Waals surface area (Å²) in [5, 5.41) is 8.28. The van der Waals surface area contributed by atoms with Crippen molar-refractivity contribution in [2.75, 3.05) is 13.6 Å². The van der Waals surface area contributed by atoms with Crippen molar-refractivity contribution in [3.8, 4) is 0 Å². The standard InChI is InChI=1S/C15H12ClN5O2/c1-8-18-19-14(23-8)13-11-6-20(2)15(22)12-9(16)4-3-5-10(12)21(11)7-17-13/h3-5,7H,6H2,1-2H3/q+1. The van der Waals surface area contributed by atoms with Gasteiger partial charge in [0.15, 0.2) is 5.70 Å². The van der Waals surface area contributed by atoms with Crippen molar-refractivity contribution in [3.05, 3.63) is 46.3 Å². The summed E-state index contributed by atoms with van der Waals surface area (Å²) < 4.78 is 5.48. The Balaban J connectivity index is 1.93. The first-order valence-corrected chi connectivity index (χ1v) is 7.35. The van der Waals surface area contributed by atoms with Crippen LogP contribution in [0.5, 0.6) is 0 Å². The van der Waals surface area contributed by atoms with Gasteiger partial charge in [-0.2, -0.15) is 4.99 Å². The second kappa shape index (κ2) is 5.00. The lowest BCUT2D eigenvalue weighted by Crippen LogP contribution is -2.29. The Kier molecular flexibility index (Phi) is 3.07. The van der Waals surface area contributed by atoms with E-state index in [0.717, 1.165) is 5.70 Å². The van der Waals surface area contributed by atoms with Crippen LogP contribution in [0.4, 0.5) is 5.69 Å². The molecule has 0 unspecified atom stereocenters. The summed E-state index contributed by atoms with van der Waals surface area (Å²) in [6.07, 6.45) is 1.64. The molecular weight excluding hydrogens is 318 g/mol. The van der Waals surface area contributed by atoms with E-state index in [4.69, 9.17) is 16.0 Å². The summed E-state index contributed by atoms with van der Waals surface area (Å²) >= 11 is 6.25. The molecule has 8 heteroatoms. The number of benzene rings is 1. The molecule has 1 amide bonds. The zero-order valence-corrected chi connectivity index (χ0v) is 13.2. The minimum Gasteiger partial charge on any atom is -0.419 e. The first kappa shape index (κ1) is 14.1. The van der Waals surface area contributed by atoms with E-state index in [1.165, 1.54) is 0 Å². The van der Waals surface area contributed by atoms with Crippen molar-refractivity contribution in [3.63, 3.8) is 0 Å². The lowest BCUT2D eigenvalue weighted by Gasteiger charge is -2.12. The van der Waals surface area contributed by atoms with Crippen LogP contribution in [0.1, 0.15) is 22.1 Å². The highest BCUT2D eigenvalue weighted by atomic mass is 35.5. The van der Waals surface area contributed by atoms with E-state index in [9.17, 15) is 4.79 Å². The Hall–Kier alpha value is -2.51. The molecule has 0 saturated heterocycles. The summed E-state index contributed by atoms with van der Waals surface area (Å²) in [4.78, 5) is 20.5. The Morgan fingerprint density at radius 1 is 1.35 bits per heavy atom. The molecule has 0 aliphatic carbocycles. The van der Waals surface area contributed by atoms with Gasteiger partial charge in [0.05, 0.1) is 5.02 Å². The van der Waals surface area contributed by atoms with Crippen LogP contribution in [-0.2, 0) is 0 Å². The molecule has 0 saturated carbocycles. The van der Waals surface area contributed by atoms with Gasteiger partial charge in [0.1, 0.15) is 12.1 Å². The molecule has 0 atom stereocenters. The summed E-state index contributed by atoms with van der Waals surface area (Å²) in [6, 6.07) is 5.35. The molecule has 2 aliphatic heterocycles. The van der Waals surface area contributed by atoms with Crippen LogP contribution in [0.2, 0.25) is 5.02 Å². The predicted octanol–water partition coefficient (Wildman–Crippen LogP) is 2.30. The van der Waals surface area contributed by atoms with Crippen molar-refractivity contribution in [2.45, 2.75) is 6.92 Å². The van der Waals surface area contributed by atoms with Crippen molar-refractivity contribution in [1.82, 2.24) is 20.0 Å². The number of carbonyl (C=O) groups is 1. The molecular formula is C15H12ClN5O2+. The summed E-state index contributed by atoms with van der Waals surface area (Å²) in [6.45, 7) is 2.08. The van der Waals surface area contributed by atoms with Gasteiger partial charge in [-0.25, -0.2) is 0 Å². The molecule has 0 spiro atoms. The Morgan fingerprint density at radius 2 is 2.17 bits per heavy atom. The molecule has 4 rings (SSSR count). The van der Waals surface area contributed by atoms with Gasteiger partial charge in [-0.05, 0) is 11.0 Å². The van der Waals surface area contributed by atoms with E-state index in [1.54, 1.807) is 37.3 Å². The van der Waals surface area contributed by atoms with Crippen molar-refractivity contribution in [2.24, 2.45) is 4.99 Å². The molecule has 0 bridgehead atoms. The molecule has 2 aliphatic rings. The van der Waals surface area contributed by atoms with Gasteiger partial charge < -0.3 is 9.32 Å². The number of likely N-dealkylation sites (N-methyl/N-ethyl adjacent to an activating group) is 1. The lowest BCUT2D eigenvalue weighted by atomic mass is 10.1. The highest BCUT2D eigenvalue weighted by Crippen LogP contribution is 2.37. The third-order valence-electron chi connectivity index (χ3n) is 3.79. The topological polar surface area (TPSA) is 77.5 Å². The van der Waals surface area contributed by atoms with E-state index in [2.05, 4.69) is 15.2 Å². The van der Waals surface area contributed by atoms with Crippen molar-refractivity contribution < 1.29 is 9.21 Å².